The van der Waals surface area contributed by atoms with Crippen molar-refractivity contribution in [1.82, 2.24) is 24.1 Å². The van der Waals surface area contributed by atoms with Gasteiger partial charge in [-0.2, -0.15) is 0 Å². The number of fused-ring (bicyclic) bond motifs is 3. The van der Waals surface area contributed by atoms with Crippen LogP contribution in [0.3, 0.4) is 0 Å². The van der Waals surface area contributed by atoms with E-state index >= 15 is 0 Å². The highest BCUT2D eigenvalue weighted by Gasteiger charge is 2.20. The lowest BCUT2D eigenvalue weighted by Gasteiger charge is -2.13. The molecule has 37 heavy (non-hydrogen) atoms. The number of nitrogens with one attached hydrogen (secondary N) is 2. The van der Waals surface area contributed by atoms with Crippen molar-refractivity contribution in [2.75, 3.05) is 5.32 Å². The molecule has 0 aliphatic rings. The fourth-order valence-corrected chi connectivity index (χ4v) is 4.02. The summed E-state index contributed by atoms with van der Waals surface area (Å²) in [6.45, 7) is 7.99. The molecule has 10 nitrogen and oxygen atoms in total. The first-order chi connectivity index (χ1) is 17.7. The van der Waals surface area contributed by atoms with Gasteiger partial charge in [0.25, 0.3) is 11.5 Å². The van der Waals surface area contributed by atoms with Crippen LogP contribution >= 0.6 is 0 Å². The summed E-state index contributed by atoms with van der Waals surface area (Å²) in [6, 6.07) is 13.6. The number of hydrogen-bond acceptors (Lipinski definition) is 5. The Bertz CT molecular complexity index is 1570. The van der Waals surface area contributed by atoms with E-state index in [1.54, 1.807) is 36.4 Å². The molecule has 2 N–H and O–H groups in total. The van der Waals surface area contributed by atoms with Gasteiger partial charge >= 0.3 is 5.69 Å². The van der Waals surface area contributed by atoms with Gasteiger partial charge in [0.05, 0.1) is 10.9 Å². The summed E-state index contributed by atoms with van der Waals surface area (Å²) in [4.78, 5) is 52.4. The van der Waals surface area contributed by atoms with E-state index in [2.05, 4.69) is 15.7 Å². The molecule has 1 unspecified atom stereocenters. The highest BCUT2D eigenvalue weighted by Crippen LogP contribution is 2.16. The third kappa shape index (κ3) is 5.47. The number of aromatic nitrogens is 4. The number of rotatable bonds is 9. The number of amides is 2. The molecule has 0 fully saturated rings. The lowest BCUT2D eigenvalue weighted by atomic mass is 10.1. The fraction of sp³-hybridized carbons (Fsp3) is 0.370. The minimum Gasteiger partial charge on any atom is -0.350 e. The molecule has 1 atom stereocenters. The topological polar surface area (TPSA) is 120 Å². The molecule has 2 aromatic carbocycles. The lowest BCUT2D eigenvalue weighted by molar-refractivity contribution is -0.117. The van der Waals surface area contributed by atoms with Crippen LogP contribution in [0.2, 0.25) is 0 Å². The van der Waals surface area contributed by atoms with Crippen molar-refractivity contribution in [3.05, 3.63) is 74.9 Å². The molecule has 0 aliphatic heterocycles. The quantitative estimate of drug-likeness (QED) is 0.363. The molecule has 10 heteroatoms. The van der Waals surface area contributed by atoms with E-state index in [-0.39, 0.29) is 35.3 Å². The van der Waals surface area contributed by atoms with E-state index < -0.39 is 11.6 Å². The van der Waals surface area contributed by atoms with E-state index in [0.29, 0.717) is 35.5 Å². The van der Waals surface area contributed by atoms with Crippen LogP contribution in [0.15, 0.2) is 58.1 Å². The predicted molar refractivity (Wildman–Crippen MR) is 143 cm³/mol. The van der Waals surface area contributed by atoms with Crippen LogP contribution in [-0.4, -0.2) is 36.6 Å². The summed E-state index contributed by atoms with van der Waals surface area (Å²) in [7, 11) is 0. The van der Waals surface area contributed by atoms with Crippen molar-refractivity contribution in [3.63, 3.8) is 0 Å². The molecule has 194 valence electrons. The van der Waals surface area contributed by atoms with Crippen molar-refractivity contribution in [2.24, 2.45) is 5.92 Å². The molecule has 2 aromatic heterocycles. The normalized spacial score (nSPS) is 12.2. The van der Waals surface area contributed by atoms with Crippen molar-refractivity contribution >= 4 is 34.2 Å². The van der Waals surface area contributed by atoms with Crippen molar-refractivity contribution < 1.29 is 9.59 Å². The van der Waals surface area contributed by atoms with Crippen LogP contribution in [0.25, 0.3) is 16.7 Å². The standard InChI is InChI=1S/C27H32N6O4/c1-5-18(4)28-24(35)19-11-12-21-22(15-19)33-26(31(25(21)36)14-13-17(2)3)30-32(27(33)37)16-23(34)29-20-9-7-6-8-10-20/h6-12,15,17-18H,5,13-14,16H2,1-4H3,(H,28,35)(H,29,34). The molecule has 4 rings (SSSR count). The van der Waals surface area contributed by atoms with Crippen molar-refractivity contribution in [2.45, 2.75) is 59.7 Å². The highest BCUT2D eigenvalue weighted by molar-refractivity contribution is 5.98. The average Bonchev–Trinajstić information content (AvgIpc) is 3.19. The maximum atomic E-state index is 13.5. The Morgan fingerprint density at radius 1 is 1.03 bits per heavy atom. The van der Waals surface area contributed by atoms with Gasteiger partial charge in [-0.3, -0.25) is 19.0 Å². The van der Waals surface area contributed by atoms with Crippen LogP contribution in [0, 0.1) is 5.92 Å². The van der Waals surface area contributed by atoms with Gasteiger partial charge in [0.1, 0.15) is 6.54 Å². The molecule has 0 aliphatic carbocycles. The monoisotopic (exact) mass is 504 g/mol. The number of nitrogens with zero attached hydrogens (tertiary/aromatic N) is 4. The molecule has 2 heterocycles. The molecule has 0 saturated carbocycles. The zero-order valence-corrected chi connectivity index (χ0v) is 21.5. The molecule has 0 bridgehead atoms. The molecular formula is C27H32N6O4. The Kier molecular flexibility index (Phi) is 7.56. The smallest absolute Gasteiger partial charge is 0.350 e. The second kappa shape index (κ2) is 10.8. The third-order valence-corrected chi connectivity index (χ3v) is 6.31. The Hall–Kier alpha value is -4.21. The summed E-state index contributed by atoms with van der Waals surface area (Å²) in [5.74, 6) is -0.267. The van der Waals surface area contributed by atoms with Crippen LogP contribution in [0.4, 0.5) is 5.69 Å². The maximum absolute atomic E-state index is 13.5. The Morgan fingerprint density at radius 2 is 1.76 bits per heavy atom. The van der Waals surface area contributed by atoms with Crippen LogP contribution in [0.5, 0.6) is 0 Å². The second-order valence-electron chi connectivity index (χ2n) is 9.64. The first kappa shape index (κ1) is 25.9. The summed E-state index contributed by atoms with van der Waals surface area (Å²) in [6.07, 6.45) is 1.47. The first-order valence-electron chi connectivity index (χ1n) is 12.5. The SMILES string of the molecule is CCC(C)NC(=O)c1ccc2c(=O)n(CCC(C)C)c3nn(CC(=O)Nc4ccccc4)c(=O)n3c2c1. The predicted octanol–water partition coefficient (Wildman–Crippen LogP) is 3.02. The Morgan fingerprint density at radius 3 is 2.43 bits per heavy atom. The van der Waals surface area contributed by atoms with Crippen LogP contribution < -0.4 is 21.9 Å². The van der Waals surface area contributed by atoms with Gasteiger partial charge in [0.2, 0.25) is 11.7 Å². The molecular weight excluding hydrogens is 472 g/mol. The summed E-state index contributed by atoms with van der Waals surface area (Å²) in [5, 5.41) is 10.3. The molecule has 0 saturated heterocycles. The van der Waals surface area contributed by atoms with Gasteiger partial charge in [-0.05, 0) is 56.0 Å². The van der Waals surface area contributed by atoms with Gasteiger partial charge < -0.3 is 10.6 Å². The number of carbonyl (C=O) groups is 2. The van der Waals surface area contributed by atoms with E-state index in [9.17, 15) is 19.2 Å². The number of hydrogen-bond donors (Lipinski definition) is 2. The van der Waals surface area contributed by atoms with Crippen molar-refractivity contribution in [1.29, 1.82) is 0 Å². The number of benzene rings is 2. The number of para-hydroxylation sites is 1. The van der Waals surface area contributed by atoms with E-state index in [1.807, 2.05) is 33.8 Å². The van der Waals surface area contributed by atoms with Gasteiger partial charge in [-0.15, -0.1) is 5.10 Å². The number of anilines is 1. The van der Waals surface area contributed by atoms with E-state index in [4.69, 9.17) is 0 Å². The summed E-state index contributed by atoms with van der Waals surface area (Å²) >= 11 is 0. The number of carbonyl (C=O) groups excluding carboxylic acids is 2. The third-order valence-electron chi connectivity index (χ3n) is 6.31. The first-order valence-corrected chi connectivity index (χ1v) is 12.5. The number of aryl methyl sites for hydroxylation is 1. The highest BCUT2D eigenvalue weighted by atomic mass is 16.2. The van der Waals surface area contributed by atoms with Crippen LogP contribution in [-0.2, 0) is 17.9 Å². The lowest BCUT2D eigenvalue weighted by Crippen LogP contribution is -2.32. The molecule has 4 aromatic rings. The summed E-state index contributed by atoms with van der Waals surface area (Å²) < 4.78 is 3.82. The minimum absolute atomic E-state index is 0.0270. The maximum Gasteiger partial charge on any atom is 0.352 e. The Labute approximate surface area is 213 Å². The summed E-state index contributed by atoms with van der Waals surface area (Å²) in [5.41, 5.74) is 0.330. The molecule has 0 spiro atoms. The zero-order chi connectivity index (χ0) is 26.7. The average molecular weight is 505 g/mol. The van der Waals surface area contributed by atoms with Crippen molar-refractivity contribution in [3.8, 4) is 0 Å². The molecule has 2 amide bonds. The fourth-order valence-electron chi connectivity index (χ4n) is 4.02. The Balaban J connectivity index is 1.84. The van der Waals surface area contributed by atoms with E-state index in [1.165, 1.54) is 15.0 Å². The van der Waals surface area contributed by atoms with Gasteiger partial charge in [-0.1, -0.05) is 39.0 Å². The van der Waals surface area contributed by atoms with Gasteiger partial charge in [0, 0.05) is 23.8 Å². The zero-order valence-electron chi connectivity index (χ0n) is 21.5. The second-order valence-corrected chi connectivity index (χ2v) is 9.64. The van der Waals surface area contributed by atoms with Gasteiger partial charge in [-0.25, -0.2) is 13.9 Å². The largest absolute Gasteiger partial charge is 0.352 e. The van der Waals surface area contributed by atoms with Gasteiger partial charge in [0.15, 0.2) is 0 Å². The molecule has 0 radical (unpaired) electrons. The van der Waals surface area contributed by atoms with Crippen LogP contribution in [0.1, 0.15) is 50.9 Å². The van der Waals surface area contributed by atoms with E-state index in [0.717, 1.165) is 11.1 Å². The minimum atomic E-state index is -0.569.